The molecular weight excluding hydrogens is 256 g/mol. The van der Waals surface area contributed by atoms with Gasteiger partial charge in [0.2, 0.25) is 11.8 Å². The molecule has 2 fully saturated rings. The lowest BCUT2D eigenvalue weighted by molar-refractivity contribution is -0.149. The Morgan fingerprint density at radius 1 is 1.40 bits per heavy atom. The number of hydrogen-bond acceptors (Lipinski definition) is 3. The van der Waals surface area contributed by atoms with Crippen LogP contribution in [-0.2, 0) is 23.1 Å². The quantitative estimate of drug-likeness (QED) is 0.847. The molecule has 2 aliphatic rings. The topological polar surface area (TPSA) is 67.2 Å². The van der Waals surface area contributed by atoms with E-state index < -0.39 is 0 Å². The van der Waals surface area contributed by atoms with Gasteiger partial charge in [-0.15, -0.1) is 0 Å². The molecule has 1 aromatic rings. The van der Waals surface area contributed by atoms with Crippen molar-refractivity contribution >= 4 is 11.8 Å². The summed E-state index contributed by atoms with van der Waals surface area (Å²) in [4.78, 5) is 26.2. The summed E-state index contributed by atoms with van der Waals surface area (Å²) in [6, 6.07) is 1.26. The van der Waals surface area contributed by atoms with Gasteiger partial charge in [0.05, 0.1) is 0 Å². The fourth-order valence-electron chi connectivity index (χ4n) is 2.78. The van der Waals surface area contributed by atoms with E-state index in [1.165, 1.54) is 0 Å². The minimum Gasteiger partial charge on any atom is -0.342 e. The molecule has 1 saturated carbocycles. The summed E-state index contributed by atoms with van der Waals surface area (Å²) in [5, 5.41) is 6.99. The number of nitrogens with zero attached hydrogens (tertiary/aromatic N) is 3. The van der Waals surface area contributed by atoms with Crippen LogP contribution in [0.15, 0.2) is 12.3 Å². The molecule has 0 aromatic carbocycles. The van der Waals surface area contributed by atoms with Crippen LogP contribution in [0.5, 0.6) is 0 Å². The Morgan fingerprint density at radius 3 is 2.75 bits per heavy atom. The minimum atomic E-state index is -0.384. The fraction of sp³-hybridized carbons (Fsp3) is 0.643. The van der Waals surface area contributed by atoms with Crippen molar-refractivity contribution < 1.29 is 9.59 Å². The van der Waals surface area contributed by atoms with Crippen LogP contribution < -0.4 is 5.32 Å². The Hall–Kier alpha value is -1.85. The fourth-order valence-corrected chi connectivity index (χ4v) is 2.78. The molecule has 1 saturated heterocycles. The second kappa shape index (κ2) is 4.92. The summed E-state index contributed by atoms with van der Waals surface area (Å²) in [5.74, 6) is 0.381. The van der Waals surface area contributed by atoms with Crippen molar-refractivity contribution in [2.24, 2.45) is 13.0 Å². The van der Waals surface area contributed by atoms with Gasteiger partial charge in [-0.1, -0.05) is 0 Å². The van der Waals surface area contributed by atoms with Gasteiger partial charge >= 0.3 is 0 Å². The van der Waals surface area contributed by atoms with E-state index in [0.717, 1.165) is 25.0 Å². The Kier molecular flexibility index (Phi) is 3.23. The number of aromatic nitrogens is 2. The third-order valence-corrected chi connectivity index (χ3v) is 4.32. The van der Waals surface area contributed by atoms with Gasteiger partial charge in [0.25, 0.3) is 0 Å². The molecule has 6 nitrogen and oxygen atoms in total. The molecule has 1 aromatic heterocycles. The number of amides is 2. The van der Waals surface area contributed by atoms with E-state index in [1.54, 1.807) is 22.7 Å². The maximum atomic E-state index is 12.5. The first-order chi connectivity index (χ1) is 9.58. The largest absolute Gasteiger partial charge is 0.342 e. The third-order valence-electron chi connectivity index (χ3n) is 4.32. The summed E-state index contributed by atoms with van der Waals surface area (Å²) in [6.45, 7) is 2.36. The predicted molar refractivity (Wildman–Crippen MR) is 72.7 cm³/mol. The number of nitrogens with one attached hydrogen (secondary N) is 1. The van der Waals surface area contributed by atoms with Crippen molar-refractivity contribution in [1.29, 1.82) is 0 Å². The van der Waals surface area contributed by atoms with Crippen molar-refractivity contribution in [2.45, 2.75) is 38.3 Å². The Labute approximate surface area is 118 Å². The number of piperazine rings is 1. The molecule has 0 bridgehead atoms. The monoisotopic (exact) mass is 276 g/mol. The van der Waals surface area contributed by atoms with Crippen LogP contribution in [0.25, 0.3) is 0 Å². The lowest BCUT2D eigenvalue weighted by atomic mass is 10.0. The van der Waals surface area contributed by atoms with Crippen molar-refractivity contribution in [3.05, 3.63) is 18.0 Å². The average molecular weight is 276 g/mol. The highest BCUT2D eigenvalue weighted by Crippen LogP contribution is 2.35. The highest BCUT2D eigenvalue weighted by molar-refractivity contribution is 5.97. The zero-order chi connectivity index (χ0) is 14.3. The molecule has 2 unspecified atom stereocenters. The lowest BCUT2D eigenvalue weighted by Gasteiger charge is -2.37. The second-order valence-corrected chi connectivity index (χ2v) is 5.73. The summed E-state index contributed by atoms with van der Waals surface area (Å²) in [7, 11) is 1.89. The van der Waals surface area contributed by atoms with Crippen LogP contribution in [-0.4, -0.2) is 45.1 Å². The number of hydrogen-bond donors (Lipinski definition) is 1. The minimum absolute atomic E-state index is 0.0356. The standard InChI is InChI=1S/C14H20N4O2/c1-9-13(19)16-12(10-3-4-10)14(20)18(9)8-6-11-5-7-15-17(11)2/h5,7,9-10,12H,3-4,6,8H2,1-2H3,(H,16,19). The van der Waals surface area contributed by atoms with Crippen molar-refractivity contribution in [1.82, 2.24) is 20.0 Å². The van der Waals surface area contributed by atoms with Gasteiger partial charge in [0.15, 0.2) is 0 Å². The van der Waals surface area contributed by atoms with Crippen molar-refractivity contribution in [3.8, 4) is 0 Å². The van der Waals surface area contributed by atoms with E-state index in [2.05, 4.69) is 10.4 Å². The lowest BCUT2D eigenvalue weighted by Crippen LogP contribution is -2.63. The van der Waals surface area contributed by atoms with Gasteiger partial charge in [-0.2, -0.15) is 5.10 Å². The first kappa shape index (κ1) is 13.1. The number of carbonyl (C=O) groups excluding carboxylic acids is 2. The number of aryl methyl sites for hydroxylation is 1. The Bertz CT molecular complexity index is 535. The van der Waals surface area contributed by atoms with Crippen molar-refractivity contribution in [3.63, 3.8) is 0 Å². The summed E-state index contributed by atoms with van der Waals surface area (Å²) in [5.41, 5.74) is 1.07. The van der Waals surface area contributed by atoms with Gasteiger partial charge in [0, 0.05) is 31.9 Å². The Morgan fingerprint density at radius 2 is 2.15 bits per heavy atom. The Balaban J connectivity index is 1.70. The van der Waals surface area contributed by atoms with Crippen LogP contribution in [0, 0.1) is 5.92 Å². The molecule has 2 amide bonds. The molecule has 0 spiro atoms. The molecular formula is C14H20N4O2. The molecule has 6 heteroatoms. The van der Waals surface area contributed by atoms with Gasteiger partial charge in [0.1, 0.15) is 12.1 Å². The molecule has 3 rings (SSSR count). The van der Waals surface area contributed by atoms with E-state index >= 15 is 0 Å². The van der Waals surface area contributed by atoms with E-state index in [9.17, 15) is 9.59 Å². The zero-order valence-electron chi connectivity index (χ0n) is 11.9. The normalized spacial score (nSPS) is 26.8. The molecule has 2 atom stereocenters. The smallest absolute Gasteiger partial charge is 0.246 e. The second-order valence-electron chi connectivity index (χ2n) is 5.73. The predicted octanol–water partition coefficient (Wildman–Crippen LogP) is 0.0881. The number of carbonyl (C=O) groups is 2. The molecule has 108 valence electrons. The van der Waals surface area contributed by atoms with Crippen LogP contribution in [0.3, 0.4) is 0 Å². The van der Waals surface area contributed by atoms with E-state index in [4.69, 9.17) is 0 Å². The SMILES string of the molecule is CC1C(=O)NC(C2CC2)C(=O)N1CCc1ccnn1C. The van der Waals surface area contributed by atoms with E-state index in [0.29, 0.717) is 12.5 Å². The summed E-state index contributed by atoms with van der Waals surface area (Å²) in [6.07, 6.45) is 4.55. The van der Waals surface area contributed by atoms with E-state index in [-0.39, 0.29) is 23.9 Å². The third kappa shape index (κ3) is 2.30. The van der Waals surface area contributed by atoms with Crippen LogP contribution in [0.4, 0.5) is 0 Å². The van der Waals surface area contributed by atoms with Crippen LogP contribution >= 0.6 is 0 Å². The maximum absolute atomic E-state index is 12.5. The maximum Gasteiger partial charge on any atom is 0.246 e. The zero-order valence-corrected chi connectivity index (χ0v) is 11.9. The number of rotatable bonds is 4. The van der Waals surface area contributed by atoms with Crippen LogP contribution in [0.1, 0.15) is 25.5 Å². The van der Waals surface area contributed by atoms with Gasteiger partial charge < -0.3 is 10.2 Å². The van der Waals surface area contributed by atoms with Crippen molar-refractivity contribution in [2.75, 3.05) is 6.54 Å². The molecule has 20 heavy (non-hydrogen) atoms. The molecule has 1 N–H and O–H groups in total. The van der Waals surface area contributed by atoms with E-state index in [1.807, 2.05) is 13.1 Å². The average Bonchev–Trinajstić information content (AvgIpc) is 3.18. The first-order valence-electron chi connectivity index (χ1n) is 7.15. The molecule has 1 aliphatic carbocycles. The molecule has 0 radical (unpaired) electrons. The van der Waals surface area contributed by atoms with Gasteiger partial charge in [-0.3, -0.25) is 14.3 Å². The molecule has 1 aliphatic heterocycles. The molecule has 2 heterocycles. The van der Waals surface area contributed by atoms with Crippen LogP contribution in [0.2, 0.25) is 0 Å². The highest BCUT2D eigenvalue weighted by atomic mass is 16.2. The highest BCUT2D eigenvalue weighted by Gasteiger charge is 2.45. The van der Waals surface area contributed by atoms with Gasteiger partial charge in [-0.05, 0) is 31.7 Å². The van der Waals surface area contributed by atoms with Gasteiger partial charge in [-0.25, -0.2) is 0 Å². The summed E-state index contributed by atoms with van der Waals surface area (Å²) >= 11 is 0. The summed E-state index contributed by atoms with van der Waals surface area (Å²) < 4.78 is 1.80. The first-order valence-corrected chi connectivity index (χ1v) is 7.15.